The first-order valence-corrected chi connectivity index (χ1v) is 7.11. The summed E-state index contributed by atoms with van der Waals surface area (Å²) in [6.45, 7) is 3.33. The first-order valence-electron chi connectivity index (χ1n) is 7.11. The second-order valence-electron chi connectivity index (χ2n) is 5.42. The molecule has 1 fully saturated rings. The number of nitrogen functional groups attached to an aromatic ring is 1. The fraction of sp³-hybridized carbons (Fsp3) is 0.600. The Bertz CT molecular complexity index is 415. The number of ether oxygens (including phenoxy) is 1. The molecule has 0 saturated heterocycles. The zero-order valence-electron chi connectivity index (χ0n) is 11.6. The van der Waals surface area contributed by atoms with Crippen LogP contribution in [0.2, 0.25) is 0 Å². The van der Waals surface area contributed by atoms with E-state index in [1.807, 2.05) is 18.2 Å². The summed E-state index contributed by atoms with van der Waals surface area (Å²) in [5.74, 6) is 0.780. The van der Waals surface area contributed by atoms with Crippen molar-refractivity contribution in [2.75, 3.05) is 24.2 Å². The van der Waals surface area contributed by atoms with Crippen molar-refractivity contribution in [3.05, 3.63) is 18.2 Å². The summed E-state index contributed by atoms with van der Waals surface area (Å²) in [6, 6.07) is 5.63. The summed E-state index contributed by atoms with van der Waals surface area (Å²) >= 11 is 0. The van der Waals surface area contributed by atoms with Crippen LogP contribution in [-0.4, -0.2) is 23.9 Å². The summed E-state index contributed by atoms with van der Waals surface area (Å²) in [5.41, 5.74) is 6.89. The van der Waals surface area contributed by atoms with E-state index in [0.29, 0.717) is 18.8 Å². The van der Waals surface area contributed by atoms with E-state index in [2.05, 4.69) is 12.2 Å². The largest absolute Gasteiger partial charge is 0.493 e. The zero-order valence-corrected chi connectivity index (χ0v) is 11.6. The highest BCUT2D eigenvalue weighted by atomic mass is 16.5. The first kappa shape index (κ1) is 14.0. The molecule has 0 unspecified atom stereocenters. The second kappa shape index (κ2) is 6.15. The standard InChI is InChI=1S/C15H24N2O2/c1-2-7-19-14-9-12(16)8-13(10-14)17-11-15(18)5-3-4-6-15/h8-10,17-18H,2-7,11,16H2,1H3. The van der Waals surface area contributed by atoms with E-state index in [1.54, 1.807) is 0 Å². The minimum absolute atomic E-state index is 0.560. The van der Waals surface area contributed by atoms with Gasteiger partial charge in [0.25, 0.3) is 0 Å². The summed E-state index contributed by atoms with van der Waals surface area (Å²) in [7, 11) is 0. The minimum Gasteiger partial charge on any atom is -0.493 e. The molecule has 0 atom stereocenters. The number of benzene rings is 1. The van der Waals surface area contributed by atoms with Crippen LogP contribution in [0.15, 0.2) is 18.2 Å². The molecule has 0 amide bonds. The Morgan fingerprint density at radius 1 is 1.32 bits per heavy atom. The lowest BCUT2D eigenvalue weighted by molar-refractivity contribution is 0.0614. The Morgan fingerprint density at radius 3 is 2.74 bits per heavy atom. The molecular weight excluding hydrogens is 240 g/mol. The van der Waals surface area contributed by atoms with Gasteiger partial charge in [-0.05, 0) is 25.3 Å². The Kier molecular flexibility index (Phi) is 4.53. The van der Waals surface area contributed by atoms with Gasteiger partial charge in [0.1, 0.15) is 5.75 Å². The van der Waals surface area contributed by atoms with Crippen molar-refractivity contribution in [3.63, 3.8) is 0 Å². The van der Waals surface area contributed by atoms with Crippen molar-refractivity contribution in [1.82, 2.24) is 0 Å². The number of nitrogens with two attached hydrogens (primary N) is 1. The number of aliphatic hydroxyl groups is 1. The third kappa shape index (κ3) is 4.03. The van der Waals surface area contributed by atoms with E-state index < -0.39 is 5.60 Å². The monoisotopic (exact) mass is 264 g/mol. The van der Waals surface area contributed by atoms with Gasteiger partial charge in [0.05, 0.1) is 12.2 Å². The van der Waals surface area contributed by atoms with E-state index >= 15 is 0 Å². The quantitative estimate of drug-likeness (QED) is 0.691. The molecule has 4 N–H and O–H groups in total. The fourth-order valence-electron chi connectivity index (χ4n) is 2.50. The van der Waals surface area contributed by atoms with Gasteiger partial charge in [0.15, 0.2) is 0 Å². The molecule has 4 heteroatoms. The van der Waals surface area contributed by atoms with E-state index in [0.717, 1.165) is 43.5 Å². The molecule has 1 aromatic carbocycles. The number of hydrogen-bond donors (Lipinski definition) is 3. The Morgan fingerprint density at radius 2 is 2.05 bits per heavy atom. The van der Waals surface area contributed by atoms with Crippen LogP contribution in [0.5, 0.6) is 5.75 Å². The van der Waals surface area contributed by atoms with Crippen LogP contribution in [-0.2, 0) is 0 Å². The topological polar surface area (TPSA) is 67.5 Å². The fourth-order valence-corrected chi connectivity index (χ4v) is 2.50. The number of hydrogen-bond acceptors (Lipinski definition) is 4. The molecule has 0 radical (unpaired) electrons. The van der Waals surface area contributed by atoms with Crippen molar-refractivity contribution in [1.29, 1.82) is 0 Å². The lowest BCUT2D eigenvalue weighted by Crippen LogP contribution is -2.33. The van der Waals surface area contributed by atoms with Crippen molar-refractivity contribution < 1.29 is 9.84 Å². The maximum absolute atomic E-state index is 10.3. The molecule has 1 aliphatic carbocycles. The first-order chi connectivity index (χ1) is 9.11. The predicted octanol–water partition coefficient (Wildman–Crippen LogP) is 2.77. The molecule has 0 heterocycles. The summed E-state index contributed by atoms with van der Waals surface area (Å²) < 4.78 is 5.59. The van der Waals surface area contributed by atoms with Gasteiger partial charge in [0.2, 0.25) is 0 Å². The number of nitrogens with one attached hydrogen (secondary N) is 1. The molecule has 0 spiro atoms. The summed E-state index contributed by atoms with van der Waals surface area (Å²) in [5, 5.41) is 13.6. The third-order valence-corrected chi connectivity index (χ3v) is 3.56. The smallest absolute Gasteiger partial charge is 0.123 e. The number of rotatable bonds is 6. The Hall–Kier alpha value is -1.42. The molecule has 106 valence electrons. The molecular formula is C15H24N2O2. The lowest BCUT2D eigenvalue weighted by Gasteiger charge is -2.23. The normalized spacial score (nSPS) is 17.4. The number of anilines is 2. The van der Waals surface area contributed by atoms with Crippen molar-refractivity contribution in [3.8, 4) is 5.75 Å². The maximum atomic E-state index is 10.3. The van der Waals surface area contributed by atoms with Crippen molar-refractivity contribution in [2.45, 2.75) is 44.6 Å². The van der Waals surface area contributed by atoms with E-state index in [9.17, 15) is 5.11 Å². The molecule has 4 nitrogen and oxygen atoms in total. The molecule has 0 aliphatic heterocycles. The minimum atomic E-state index is -0.560. The van der Waals surface area contributed by atoms with Crippen LogP contribution in [0, 0.1) is 0 Å². The molecule has 0 aromatic heterocycles. The second-order valence-corrected chi connectivity index (χ2v) is 5.42. The van der Waals surface area contributed by atoms with Crippen molar-refractivity contribution >= 4 is 11.4 Å². The van der Waals surface area contributed by atoms with Crippen LogP contribution in [0.1, 0.15) is 39.0 Å². The average Bonchev–Trinajstić information content (AvgIpc) is 2.81. The average molecular weight is 264 g/mol. The molecule has 1 saturated carbocycles. The van der Waals surface area contributed by atoms with Crippen molar-refractivity contribution in [2.24, 2.45) is 0 Å². The van der Waals surface area contributed by atoms with E-state index in [4.69, 9.17) is 10.5 Å². The van der Waals surface area contributed by atoms with Gasteiger partial charge in [-0.25, -0.2) is 0 Å². The molecule has 19 heavy (non-hydrogen) atoms. The van der Waals surface area contributed by atoms with Crippen LogP contribution in [0.25, 0.3) is 0 Å². The third-order valence-electron chi connectivity index (χ3n) is 3.56. The Balaban J connectivity index is 1.97. The van der Waals surface area contributed by atoms with E-state index in [-0.39, 0.29) is 0 Å². The summed E-state index contributed by atoms with van der Waals surface area (Å²) in [6.07, 6.45) is 4.94. The van der Waals surface area contributed by atoms with Gasteiger partial charge in [-0.3, -0.25) is 0 Å². The van der Waals surface area contributed by atoms with Crippen LogP contribution in [0.3, 0.4) is 0 Å². The maximum Gasteiger partial charge on any atom is 0.123 e. The van der Waals surface area contributed by atoms with E-state index in [1.165, 1.54) is 0 Å². The van der Waals surface area contributed by atoms with Gasteiger partial charge < -0.3 is 20.9 Å². The van der Waals surface area contributed by atoms with Gasteiger partial charge in [-0.1, -0.05) is 19.8 Å². The zero-order chi connectivity index (χ0) is 13.7. The Labute approximate surface area is 115 Å². The van der Waals surface area contributed by atoms with Crippen LogP contribution < -0.4 is 15.8 Å². The molecule has 2 rings (SSSR count). The highest BCUT2D eigenvalue weighted by molar-refractivity contribution is 5.59. The summed E-state index contributed by atoms with van der Waals surface area (Å²) in [4.78, 5) is 0. The highest BCUT2D eigenvalue weighted by Crippen LogP contribution is 2.30. The van der Waals surface area contributed by atoms with Gasteiger partial charge >= 0.3 is 0 Å². The lowest BCUT2D eigenvalue weighted by atomic mass is 10.0. The predicted molar refractivity (Wildman–Crippen MR) is 78.5 cm³/mol. The highest BCUT2D eigenvalue weighted by Gasteiger charge is 2.30. The SMILES string of the molecule is CCCOc1cc(N)cc(NCC2(O)CCCC2)c1. The van der Waals surface area contributed by atoms with Gasteiger partial charge in [-0.2, -0.15) is 0 Å². The van der Waals surface area contributed by atoms with Gasteiger partial charge in [0, 0.05) is 30.1 Å². The van der Waals surface area contributed by atoms with Gasteiger partial charge in [-0.15, -0.1) is 0 Å². The molecule has 1 aliphatic rings. The van der Waals surface area contributed by atoms with Crippen LogP contribution >= 0.6 is 0 Å². The van der Waals surface area contributed by atoms with Crippen LogP contribution in [0.4, 0.5) is 11.4 Å². The molecule has 1 aromatic rings. The molecule has 0 bridgehead atoms.